The lowest BCUT2D eigenvalue weighted by Crippen LogP contribution is -2.07. The van der Waals surface area contributed by atoms with Crippen LogP contribution in [0.25, 0.3) is 0 Å². The van der Waals surface area contributed by atoms with Crippen molar-refractivity contribution >= 4 is 15.7 Å². The van der Waals surface area contributed by atoms with Crippen molar-refractivity contribution < 1.29 is 13.2 Å². The third-order valence-corrected chi connectivity index (χ3v) is 2.92. The van der Waals surface area contributed by atoms with Crippen LogP contribution in [0.5, 0.6) is 5.75 Å². The highest BCUT2D eigenvalue weighted by atomic mass is 32.2. The van der Waals surface area contributed by atoms with Gasteiger partial charge in [0.15, 0.2) is 9.84 Å². The van der Waals surface area contributed by atoms with Crippen molar-refractivity contribution in [3.05, 3.63) is 12.3 Å². The first-order chi connectivity index (χ1) is 6.99. The topological polar surface area (TPSA) is 68.3 Å². The Hall–Kier alpha value is -1.30. The van der Waals surface area contributed by atoms with Crippen LogP contribution in [0, 0.1) is 0 Å². The van der Waals surface area contributed by atoms with Crippen molar-refractivity contribution in [1.82, 2.24) is 4.98 Å². The zero-order valence-electron chi connectivity index (χ0n) is 8.94. The number of pyridine rings is 1. The largest absolute Gasteiger partial charge is 0.495 e. The van der Waals surface area contributed by atoms with Crippen LogP contribution in [-0.4, -0.2) is 33.3 Å². The predicted molar refractivity (Wildman–Crippen MR) is 58.1 cm³/mol. The van der Waals surface area contributed by atoms with Gasteiger partial charge in [-0.05, 0) is 6.92 Å². The highest BCUT2D eigenvalue weighted by Gasteiger charge is 2.15. The summed E-state index contributed by atoms with van der Waals surface area (Å²) in [6, 6.07) is 1.46. The van der Waals surface area contributed by atoms with Gasteiger partial charge in [0.2, 0.25) is 0 Å². The van der Waals surface area contributed by atoms with Gasteiger partial charge in [-0.25, -0.2) is 13.4 Å². The number of nitrogens with zero attached hydrogens (tertiary/aromatic N) is 1. The van der Waals surface area contributed by atoms with E-state index in [1.807, 2.05) is 6.92 Å². The molecule has 6 heteroatoms. The molecule has 0 saturated carbocycles. The number of hydrogen-bond acceptors (Lipinski definition) is 5. The molecular weight excluding hydrogens is 216 g/mol. The highest BCUT2D eigenvalue weighted by molar-refractivity contribution is 7.90. The van der Waals surface area contributed by atoms with Crippen LogP contribution in [0.4, 0.5) is 5.82 Å². The fourth-order valence-corrected chi connectivity index (χ4v) is 1.93. The third kappa shape index (κ3) is 2.82. The molecule has 0 saturated heterocycles. The van der Waals surface area contributed by atoms with Crippen LogP contribution < -0.4 is 10.1 Å². The molecule has 1 rings (SSSR count). The fraction of sp³-hybridized carbons (Fsp3) is 0.444. The van der Waals surface area contributed by atoms with Crippen LogP contribution in [0.3, 0.4) is 0 Å². The van der Waals surface area contributed by atoms with E-state index in [1.165, 1.54) is 19.4 Å². The van der Waals surface area contributed by atoms with E-state index in [2.05, 4.69) is 10.3 Å². The molecule has 1 N–H and O–H groups in total. The second-order valence-electron chi connectivity index (χ2n) is 3.02. The fourth-order valence-electron chi connectivity index (χ4n) is 1.12. The first kappa shape index (κ1) is 11.8. The number of rotatable bonds is 4. The number of methoxy groups -OCH3 is 1. The van der Waals surface area contributed by atoms with Gasteiger partial charge < -0.3 is 10.1 Å². The standard InChI is InChI=1S/C9H14N2O3S/c1-4-10-9-8(15(3,12)13)5-7(14-2)6-11-9/h5-6H,4H2,1-3H3,(H,10,11). The minimum absolute atomic E-state index is 0.156. The summed E-state index contributed by atoms with van der Waals surface area (Å²) in [6.07, 6.45) is 2.62. The first-order valence-electron chi connectivity index (χ1n) is 4.47. The summed E-state index contributed by atoms with van der Waals surface area (Å²) in [5, 5.41) is 2.89. The zero-order valence-corrected chi connectivity index (χ0v) is 9.76. The normalized spacial score (nSPS) is 11.1. The summed E-state index contributed by atoms with van der Waals surface area (Å²) in [7, 11) is -1.83. The minimum atomic E-state index is -3.29. The van der Waals surface area contributed by atoms with Crippen LogP contribution in [0.1, 0.15) is 6.92 Å². The molecule has 0 aliphatic heterocycles. The lowest BCUT2D eigenvalue weighted by atomic mass is 10.4. The summed E-state index contributed by atoms with van der Waals surface area (Å²) in [5.41, 5.74) is 0. The molecule has 0 aliphatic carbocycles. The molecular formula is C9H14N2O3S. The number of hydrogen-bond donors (Lipinski definition) is 1. The Balaban J connectivity index is 3.29. The van der Waals surface area contributed by atoms with E-state index in [-0.39, 0.29) is 4.90 Å². The lowest BCUT2D eigenvalue weighted by molar-refractivity contribution is 0.411. The van der Waals surface area contributed by atoms with Crippen LogP contribution in [-0.2, 0) is 9.84 Å². The molecule has 0 atom stereocenters. The molecule has 0 amide bonds. The predicted octanol–water partition coefficient (Wildman–Crippen LogP) is 0.925. The smallest absolute Gasteiger partial charge is 0.179 e. The van der Waals surface area contributed by atoms with Crippen molar-refractivity contribution in [2.75, 3.05) is 25.2 Å². The molecule has 15 heavy (non-hydrogen) atoms. The van der Waals surface area contributed by atoms with Gasteiger partial charge in [-0.15, -0.1) is 0 Å². The Labute approximate surface area is 89.4 Å². The Morgan fingerprint density at radius 2 is 2.20 bits per heavy atom. The van der Waals surface area contributed by atoms with E-state index >= 15 is 0 Å². The number of ether oxygens (including phenoxy) is 1. The Morgan fingerprint density at radius 3 is 2.67 bits per heavy atom. The van der Waals surface area contributed by atoms with Gasteiger partial charge in [0, 0.05) is 18.9 Å². The van der Waals surface area contributed by atoms with Crippen molar-refractivity contribution in [2.45, 2.75) is 11.8 Å². The highest BCUT2D eigenvalue weighted by Crippen LogP contribution is 2.23. The molecule has 0 aromatic carbocycles. The minimum Gasteiger partial charge on any atom is -0.495 e. The van der Waals surface area contributed by atoms with E-state index in [1.54, 1.807) is 0 Å². The average Bonchev–Trinajstić information content (AvgIpc) is 2.17. The SMILES string of the molecule is CCNc1ncc(OC)cc1S(C)(=O)=O. The summed E-state index contributed by atoms with van der Waals surface area (Å²) >= 11 is 0. The van der Waals surface area contributed by atoms with Gasteiger partial charge in [0.05, 0.1) is 13.3 Å². The second kappa shape index (κ2) is 4.48. The maximum Gasteiger partial charge on any atom is 0.179 e. The van der Waals surface area contributed by atoms with Gasteiger partial charge in [0.1, 0.15) is 16.5 Å². The molecule has 5 nitrogen and oxygen atoms in total. The van der Waals surface area contributed by atoms with E-state index < -0.39 is 9.84 Å². The Kier molecular flexibility index (Phi) is 3.52. The first-order valence-corrected chi connectivity index (χ1v) is 6.36. The molecule has 1 aromatic heterocycles. The van der Waals surface area contributed by atoms with Gasteiger partial charge >= 0.3 is 0 Å². The molecule has 1 heterocycles. The van der Waals surface area contributed by atoms with Crippen LogP contribution >= 0.6 is 0 Å². The maximum absolute atomic E-state index is 11.5. The Bertz CT molecular complexity index is 443. The van der Waals surface area contributed by atoms with Gasteiger partial charge in [0.25, 0.3) is 0 Å². The molecule has 0 bridgehead atoms. The van der Waals surface area contributed by atoms with Crippen LogP contribution in [0.15, 0.2) is 17.2 Å². The lowest BCUT2D eigenvalue weighted by Gasteiger charge is -2.09. The molecule has 0 spiro atoms. The maximum atomic E-state index is 11.5. The van der Waals surface area contributed by atoms with Crippen molar-refractivity contribution in [1.29, 1.82) is 0 Å². The monoisotopic (exact) mass is 230 g/mol. The van der Waals surface area contributed by atoms with E-state index in [4.69, 9.17) is 4.74 Å². The summed E-state index contributed by atoms with van der Waals surface area (Å²) in [6.45, 7) is 2.49. The van der Waals surface area contributed by atoms with E-state index in [0.717, 1.165) is 6.26 Å². The van der Waals surface area contributed by atoms with Crippen LogP contribution in [0.2, 0.25) is 0 Å². The van der Waals surface area contributed by atoms with E-state index in [9.17, 15) is 8.42 Å². The molecule has 0 radical (unpaired) electrons. The summed E-state index contributed by atoms with van der Waals surface area (Å²) in [4.78, 5) is 4.15. The number of sulfone groups is 1. The summed E-state index contributed by atoms with van der Waals surface area (Å²) < 4.78 is 27.9. The van der Waals surface area contributed by atoms with Crippen molar-refractivity contribution in [3.8, 4) is 5.75 Å². The Morgan fingerprint density at radius 1 is 1.53 bits per heavy atom. The zero-order chi connectivity index (χ0) is 11.5. The van der Waals surface area contributed by atoms with Crippen molar-refractivity contribution in [2.24, 2.45) is 0 Å². The number of aromatic nitrogens is 1. The third-order valence-electron chi connectivity index (χ3n) is 1.81. The average molecular weight is 230 g/mol. The molecule has 0 aliphatic rings. The molecule has 0 unspecified atom stereocenters. The van der Waals surface area contributed by atoms with E-state index in [0.29, 0.717) is 18.1 Å². The quantitative estimate of drug-likeness (QED) is 0.833. The van der Waals surface area contributed by atoms with Gasteiger partial charge in [-0.3, -0.25) is 0 Å². The molecule has 1 aromatic rings. The number of anilines is 1. The number of nitrogens with one attached hydrogen (secondary N) is 1. The second-order valence-corrected chi connectivity index (χ2v) is 5.01. The van der Waals surface area contributed by atoms with Gasteiger partial charge in [-0.2, -0.15) is 0 Å². The van der Waals surface area contributed by atoms with Crippen molar-refractivity contribution in [3.63, 3.8) is 0 Å². The molecule has 0 fully saturated rings. The summed E-state index contributed by atoms with van der Waals surface area (Å²) in [5.74, 6) is 0.790. The van der Waals surface area contributed by atoms with Gasteiger partial charge in [-0.1, -0.05) is 0 Å². The molecule has 84 valence electrons.